The summed E-state index contributed by atoms with van der Waals surface area (Å²) in [6.45, 7) is 6.03. The molecule has 1 heterocycles. The molecule has 0 aromatic heterocycles. The topological polar surface area (TPSA) is 66.9 Å². The highest BCUT2D eigenvalue weighted by atomic mass is 16.5. The van der Waals surface area contributed by atoms with Crippen LogP contribution in [0.1, 0.15) is 19.3 Å². The molecule has 0 spiro atoms. The van der Waals surface area contributed by atoms with Crippen molar-refractivity contribution in [1.82, 2.24) is 10.6 Å². The molecule has 0 saturated carbocycles. The molecule has 1 unspecified atom stereocenters. The predicted molar refractivity (Wildman–Crippen MR) is 103 cm³/mol. The fraction of sp³-hybridized carbons (Fsp3) is 0.632. The summed E-state index contributed by atoms with van der Waals surface area (Å²) >= 11 is 0. The zero-order chi connectivity index (χ0) is 17.6. The van der Waals surface area contributed by atoms with E-state index in [1.807, 2.05) is 18.2 Å². The van der Waals surface area contributed by atoms with Crippen molar-refractivity contribution in [1.29, 1.82) is 0 Å². The van der Waals surface area contributed by atoms with Crippen molar-refractivity contribution in [3.8, 4) is 0 Å². The highest BCUT2D eigenvalue weighted by molar-refractivity contribution is 5.79. The predicted octanol–water partition coefficient (Wildman–Crippen LogP) is 2.10. The van der Waals surface area contributed by atoms with Gasteiger partial charge in [-0.3, -0.25) is 4.99 Å². The number of nitrogens with one attached hydrogen (secondary N) is 3. The molecule has 1 aliphatic rings. The minimum atomic E-state index is 0.590. The molecule has 0 amide bonds. The Morgan fingerprint density at radius 2 is 1.96 bits per heavy atom. The second-order valence-electron chi connectivity index (χ2n) is 6.23. The Morgan fingerprint density at radius 3 is 2.68 bits per heavy atom. The molecule has 1 aliphatic heterocycles. The van der Waals surface area contributed by atoms with Gasteiger partial charge in [0.15, 0.2) is 5.96 Å². The van der Waals surface area contributed by atoms with Crippen LogP contribution in [-0.2, 0) is 9.47 Å². The maximum atomic E-state index is 5.70. The smallest absolute Gasteiger partial charge is 0.190 e. The molecule has 6 heteroatoms. The second-order valence-corrected chi connectivity index (χ2v) is 6.23. The van der Waals surface area contributed by atoms with Crippen LogP contribution in [0.5, 0.6) is 0 Å². The summed E-state index contributed by atoms with van der Waals surface area (Å²) in [5.41, 5.74) is 1.16. The van der Waals surface area contributed by atoms with Crippen LogP contribution in [-0.4, -0.2) is 59.1 Å². The van der Waals surface area contributed by atoms with Gasteiger partial charge in [-0.1, -0.05) is 18.2 Å². The van der Waals surface area contributed by atoms with Gasteiger partial charge in [0.1, 0.15) is 0 Å². The molecule has 0 bridgehead atoms. The van der Waals surface area contributed by atoms with E-state index in [4.69, 9.17) is 9.47 Å². The summed E-state index contributed by atoms with van der Waals surface area (Å²) in [6, 6.07) is 10.3. The molecular weight excluding hydrogens is 316 g/mol. The summed E-state index contributed by atoms with van der Waals surface area (Å²) in [7, 11) is 1.80. The highest BCUT2D eigenvalue weighted by Crippen LogP contribution is 2.12. The summed E-state index contributed by atoms with van der Waals surface area (Å²) < 4.78 is 11.0. The number of hydrogen-bond donors (Lipinski definition) is 3. The standard InChI is InChI=1S/C19H32N4O2/c1-20-19(22-11-5-10-21-18-7-3-2-4-8-18)23-12-6-13-24-15-17-9-14-25-16-17/h2-4,7-8,17,21H,5-6,9-16H2,1H3,(H2,20,22,23). The molecule has 1 fully saturated rings. The Balaban J connectivity index is 1.42. The fourth-order valence-electron chi connectivity index (χ4n) is 2.65. The van der Waals surface area contributed by atoms with Crippen molar-refractivity contribution < 1.29 is 9.47 Å². The Morgan fingerprint density at radius 1 is 1.16 bits per heavy atom. The number of rotatable bonds is 11. The quantitative estimate of drug-likeness (QED) is 0.325. The third kappa shape index (κ3) is 8.74. The average Bonchev–Trinajstić information content (AvgIpc) is 3.17. The SMILES string of the molecule is CN=C(NCCCNc1ccccc1)NCCCOCC1CCOC1. The van der Waals surface area contributed by atoms with Crippen molar-refractivity contribution in [2.45, 2.75) is 19.3 Å². The van der Waals surface area contributed by atoms with Gasteiger partial charge in [-0.2, -0.15) is 0 Å². The zero-order valence-electron chi connectivity index (χ0n) is 15.3. The van der Waals surface area contributed by atoms with Gasteiger partial charge >= 0.3 is 0 Å². The molecule has 6 nitrogen and oxygen atoms in total. The molecule has 1 aromatic rings. The molecule has 3 N–H and O–H groups in total. The fourth-order valence-corrected chi connectivity index (χ4v) is 2.65. The number of aliphatic imine (C=N–C) groups is 1. The van der Waals surface area contributed by atoms with E-state index in [-0.39, 0.29) is 0 Å². The van der Waals surface area contributed by atoms with E-state index in [2.05, 4.69) is 33.1 Å². The number of guanidine groups is 1. The van der Waals surface area contributed by atoms with Crippen molar-refractivity contribution >= 4 is 11.6 Å². The third-order valence-corrected chi connectivity index (χ3v) is 4.11. The lowest BCUT2D eigenvalue weighted by atomic mass is 10.1. The van der Waals surface area contributed by atoms with Crippen LogP contribution in [0.25, 0.3) is 0 Å². The summed E-state index contributed by atoms with van der Waals surface area (Å²) in [5, 5.41) is 10.1. The first-order valence-electron chi connectivity index (χ1n) is 9.27. The second kappa shape index (κ2) is 12.6. The maximum absolute atomic E-state index is 5.70. The number of hydrogen-bond acceptors (Lipinski definition) is 4. The summed E-state index contributed by atoms with van der Waals surface area (Å²) in [6.07, 6.45) is 3.14. The van der Waals surface area contributed by atoms with E-state index in [0.29, 0.717) is 5.92 Å². The normalized spacial score (nSPS) is 17.5. The number of benzene rings is 1. The van der Waals surface area contributed by atoms with Crippen molar-refractivity contribution in [3.05, 3.63) is 30.3 Å². The van der Waals surface area contributed by atoms with E-state index in [9.17, 15) is 0 Å². The summed E-state index contributed by atoms with van der Waals surface area (Å²) in [4.78, 5) is 4.24. The number of anilines is 1. The Labute approximate surface area is 151 Å². The summed E-state index contributed by atoms with van der Waals surface area (Å²) in [5.74, 6) is 1.44. The van der Waals surface area contributed by atoms with Gasteiger partial charge < -0.3 is 25.4 Å². The molecule has 2 rings (SSSR count). The molecule has 0 radical (unpaired) electrons. The lowest BCUT2D eigenvalue weighted by Crippen LogP contribution is -2.38. The molecule has 1 atom stereocenters. The number of para-hydroxylation sites is 1. The first-order chi connectivity index (χ1) is 12.4. The third-order valence-electron chi connectivity index (χ3n) is 4.11. The van der Waals surface area contributed by atoms with Crippen LogP contribution in [0, 0.1) is 5.92 Å². The minimum absolute atomic E-state index is 0.590. The Bertz CT molecular complexity index is 476. The average molecular weight is 348 g/mol. The van der Waals surface area contributed by atoms with Gasteiger partial charge in [0, 0.05) is 51.5 Å². The van der Waals surface area contributed by atoms with Gasteiger partial charge in [0.05, 0.1) is 13.2 Å². The Kier molecular flexibility index (Phi) is 9.81. The van der Waals surface area contributed by atoms with Gasteiger partial charge in [0.2, 0.25) is 0 Å². The lowest BCUT2D eigenvalue weighted by Gasteiger charge is -2.13. The minimum Gasteiger partial charge on any atom is -0.385 e. The van der Waals surface area contributed by atoms with E-state index in [1.54, 1.807) is 7.05 Å². The monoisotopic (exact) mass is 348 g/mol. The largest absolute Gasteiger partial charge is 0.385 e. The number of nitrogens with zero attached hydrogens (tertiary/aromatic N) is 1. The van der Waals surface area contributed by atoms with Crippen molar-refractivity contribution in [2.75, 3.05) is 58.4 Å². The molecule has 1 saturated heterocycles. The van der Waals surface area contributed by atoms with Crippen molar-refractivity contribution in [2.24, 2.45) is 10.9 Å². The maximum Gasteiger partial charge on any atom is 0.190 e. The van der Waals surface area contributed by atoms with Crippen LogP contribution in [0.2, 0.25) is 0 Å². The Hall–Kier alpha value is -1.79. The van der Waals surface area contributed by atoms with E-state index in [0.717, 1.165) is 77.0 Å². The van der Waals surface area contributed by atoms with E-state index < -0.39 is 0 Å². The zero-order valence-corrected chi connectivity index (χ0v) is 15.3. The van der Waals surface area contributed by atoms with Crippen LogP contribution < -0.4 is 16.0 Å². The van der Waals surface area contributed by atoms with Gasteiger partial charge in [-0.25, -0.2) is 0 Å². The van der Waals surface area contributed by atoms with E-state index in [1.165, 1.54) is 0 Å². The first kappa shape index (κ1) is 19.5. The van der Waals surface area contributed by atoms with Crippen LogP contribution in [0.4, 0.5) is 5.69 Å². The van der Waals surface area contributed by atoms with Crippen molar-refractivity contribution in [3.63, 3.8) is 0 Å². The molecule has 0 aliphatic carbocycles. The van der Waals surface area contributed by atoms with Gasteiger partial charge in [-0.15, -0.1) is 0 Å². The van der Waals surface area contributed by atoms with Crippen LogP contribution in [0.15, 0.2) is 35.3 Å². The molecule has 140 valence electrons. The van der Waals surface area contributed by atoms with Crippen LogP contribution >= 0.6 is 0 Å². The lowest BCUT2D eigenvalue weighted by molar-refractivity contribution is 0.0888. The molecule has 25 heavy (non-hydrogen) atoms. The number of ether oxygens (including phenoxy) is 2. The molecule has 1 aromatic carbocycles. The first-order valence-corrected chi connectivity index (χ1v) is 9.27. The highest BCUT2D eigenvalue weighted by Gasteiger charge is 2.15. The molecular formula is C19H32N4O2. The van der Waals surface area contributed by atoms with Gasteiger partial charge in [0.25, 0.3) is 0 Å². The van der Waals surface area contributed by atoms with Crippen LogP contribution in [0.3, 0.4) is 0 Å². The van der Waals surface area contributed by atoms with Gasteiger partial charge in [-0.05, 0) is 31.4 Å². The van der Waals surface area contributed by atoms with E-state index >= 15 is 0 Å².